The Balaban J connectivity index is 1.81. The zero-order chi connectivity index (χ0) is 12.1. The van der Waals surface area contributed by atoms with E-state index in [0.717, 1.165) is 32.3 Å². The van der Waals surface area contributed by atoms with Crippen LogP contribution in [-0.4, -0.2) is 57.5 Å². The molecule has 0 spiro atoms. The van der Waals surface area contributed by atoms with Crippen molar-refractivity contribution in [3.63, 3.8) is 0 Å². The Morgan fingerprint density at radius 3 is 2.65 bits per heavy atom. The summed E-state index contributed by atoms with van der Waals surface area (Å²) in [6.45, 7) is 5.84. The van der Waals surface area contributed by atoms with E-state index in [-0.39, 0.29) is 0 Å². The number of ether oxygens (including phenoxy) is 2. The van der Waals surface area contributed by atoms with E-state index >= 15 is 0 Å². The molecule has 0 amide bonds. The molecule has 2 rings (SSSR count). The van der Waals surface area contributed by atoms with Gasteiger partial charge in [-0.05, 0) is 38.3 Å². The van der Waals surface area contributed by atoms with Crippen molar-refractivity contribution in [3.05, 3.63) is 0 Å². The number of likely N-dealkylation sites (tertiary alicyclic amines) is 1. The van der Waals surface area contributed by atoms with Crippen LogP contribution in [0.15, 0.2) is 0 Å². The van der Waals surface area contributed by atoms with Crippen molar-refractivity contribution in [2.45, 2.75) is 25.3 Å². The first kappa shape index (κ1) is 13.3. The molecular weight excluding hydrogens is 216 g/mol. The second-order valence-corrected chi connectivity index (χ2v) is 5.36. The summed E-state index contributed by atoms with van der Waals surface area (Å²) in [5, 5.41) is 0. The maximum absolute atomic E-state index is 5.95. The lowest BCUT2D eigenvalue weighted by atomic mass is 9.92. The Morgan fingerprint density at radius 2 is 2.12 bits per heavy atom. The number of piperidine rings is 1. The first-order valence-corrected chi connectivity index (χ1v) is 6.86. The predicted octanol–water partition coefficient (Wildman–Crippen LogP) is 0.709. The summed E-state index contributed by atoms with van der Waals surface area (Å²) < 4.78 is 10.7. The summed E-state index contributed by atoms with van der Waals surface area (Å²) in [4.78, 5) is 2.57. The summed E-state index contributed by atoms with van der Waals surface area (Å²) in [6.07, 6.45) is 3.68. The number of nitrogens with zero attached hydrogens (tertiary/aromatic N) is 1. The third-order valence-electron chi connectivity index (χ3n) is 4.27. The van der Waals surface area contributed by atoms with Gasteiger partial charge in [0.1, 0.15) is 0 Å². The molecular formula is C13H26N2O2. The Labute approximate surface area is 104 Å². The molecule has 2 heterocycles. The van der Waals surface area contributed by atoms with Crippen molar-refractivity contribution < 1.29 is 9.47 Å². The van der Waals surface area contributed by atoms with E-state index in [0.29, 0.717) is 12.0 Å². The van der Waals surface area contributed by atoms with E-state index < -0.39 is 0 Å². The molecule has 0 aliphatic carbocycles. The fraction of sp³-hybridized carbons (Fsp3) is 1.00. The Kier molecular flexibility index (Phi) is 5.22. The number of hydrogen-bond donors (Lipinski definition) is 1. The van der Waals surface area contributed by atoms with Crippen LogP contribution in [0.2, 0.25) is 0 Å². The van der Waals surface area contributed by atoms with E-state index in [1.54, 1.807) is 7.11 Å². The van der Waals surface area contributed by atoms with Crippen LogP contribution in [0.4, 0.5) is 0 Å². The van der Waals surface area contributed by atoms with Gasteiger partial charge in [0.15, 0.2) is 0 Å². The molecule has 2 aliphatic rings. The van der Waals surface area contributed by atoms with Crippen LogP contribution in [-0.2, 0) is 9.47 Å². The number of rotatable bonds is 5. The van der Waals surface area contributed by atoms with Crippen LogP contribution in [0.25, 0.3) is 0 Å². The Bertz CT molecular complexity index is 211. The van der Waals surface area contributed by atoms with Crippen LogP contribution >= 0.6 is 0 Å². The smallest absolute Gasteiger partial charge is 0.0510 e. The lowest BCUT2D eigenvalue weighted by Gasteiger charge is -2.39. The minimum Gasteiger partial charge on any atom is -0.384 e. The summed E-state index contributed by atoms with van der Waals surface area (Å²) in [5.41, 5.74) is 5.95. The highest BCUT2D eigenvalue weighted by atomic mass is 16.5. The first-order chi connectivity index (χ1) is 8.35. The normalized spacial score (nSPS) is 29.6. The van der Waals surface area contributed by atoms with E-state index in [1.165, 1.54) is 32.4 Å². The van der Waals surface area contributed by atoms with Crippen LogP contribution < -0.4 is 5.73 Å². The third-order valence-corrected chi connectivity index (χ3v) is 4.27. The standard InChI is InChI=1S/C13H26N2O2/c1-16-9-11-2-5-15(6-3-11)13(8-14)12-4-7-17-10-12/h11-13H,2-10,14H2,1H3. The molecule has 17 heavy (non-hydrogen) atoms. The molecule has 0 bridgehead atoms. The zero-order valence-corrected chi connectivity index (χ0v) is 10.9. The molecule has 2 unspecified atom stereocenters. The molecule has 2 fully saturated rings. The van der Waals surface area contributed by atoms with Crippen molar-refractivity contribution in [1.29, 1.82) is 0 Å². The quantitative estimate of drug-likeness (QED) is 0.771. The van der Waals surface area contributed by atoms with Crippen LogP contribution in [0, 0.1) is 11.8 Å². The van der Waals surface area contributed by atoms with Gasteiger partial charge >= 0.3 is 0 Å². The van der Waals surface area contributed by atoms with E-state index in [4.69, 9.17) is 15.2 Å². The fourth-order valence-electron chi connectivity index (χ4n) is 3.18. The van der Waals surface area contributed by atoms with Crippen molar-refractivity contribution in [3.8, 4) is 0 Å². The molecule has 2 aliphatic heterocycles. The van der Waals surface area contributed by atoms with E-state index in [2.05, 4.69) is 4.90 Å². The van der Waals surface area contributed by atoms with E-state index in [9.17, 15) is 0 Å². The van der Waals surface area contributed by atoms with Gasteiger partial charge in [0.25, 0.3) is 0 Å². The van der Waals surface area contributed by atoms with Gasteiger partial charge in [-0.15, -0.1) is 0 Å². The van der Waals surface area contributed by atoms with Crippen LogP contribution in [0.3, 0.4) is 0 Å². The number of hydrogen-bond acceptors (Lipinski definition) is 4. The van der Waals surface area contributed by atoms with E-state index in [1.807, 2.05) is 0 Å². The minimum atomic E-state index is 0.529. The summed E-state index contributed by atoms with van der Waals surface area (Å²) >= 11 is 0. The lowest BCUT2D eigenvalue weighted by molar-refractivity contribution is 0.0599. The van der Waals surface area contributed by atoms with Gasteiger partial charge < -0.3 is 15.2 Å². The Morgan fingerprint density at radius 1 is 1.35 bits per heavy atom. The van der Waals surface area contributed by atoms with Gasteiger partial charge in [-0.1, -0.05) is 0 Å². The van der Waals surface area contributed by atoms with Gasteiger partial charge in [0, 0.05) is 38.8 Å². The maximum Gasteiger partial charge on any atom is 0.0510 e. The van der Waals surface area contributed by atoms with Gasteiger partial charge in [0.05, 0.1) is 6.61 Å². The average Bonchev–Trinajstić information content (AvgIpc) is 2.86. The second-order valence-electron chi connectivity index (χ2n) is 5.36. The molecule has 2 saturated heterocycles. The maximum atomic E-state index is 5.95. The molecule has 0 aromatic carbocycles. The van der Waals surface area contributed by atoms with Crippen LogP contribution in [0.1, 0.15) is 19.3 Å². The van der Waals surface area contributed by atoms with Crippen molar-refractivity contribution in [2.75, 3.05) is 46.6 Å². The van der Waals surface area contributed by atoms with Crippen molar-refractivity contribution in [1.82, 2.24) is 4.90 Å². The van der Waals surface area contributed by atoms with Gasteiger partial charge in [-0.2, -0.15) is 0 Å². The minimum absolute atomic E-state index is 0.529. The first-order valence-electron chi connectivity index (χ1n) is 6.86. The fourth-order valence-corrected chi connectivity index (χ4v) is 3.18. The van der Waals surface area contributed by atoms with Gasteiger partial charge in [-0.3, -0.25) is 4.90 Å². The summed E-state index contributed by atoms with van der Waals surface area (Å²) in [5.74, 6) is 1.40. The SMILES string of the molecule is COCC1CCN(C(CN)C2CCOC2)CC1. The molecule has 0 aromatic rings. The highest BCUT2D eigenvalue weighted by Gasteiger charge is 2.31. The molecule has 100 valence electrons. The van der Waals surface area contributed by atoms with Crippen molar-refractivity contribution in [2.24, 2.45) is 17.6 Å². The number of methoxy groups -OCH3 is 1. The molecule has 4 heteroatoms. The monoisotopic (exact) mass is 242 g/mol. The topological polar surface area (TPSA) is 47.7 Å². The van der Waals surface area contributed by atoms with Gasteiger partial charge in [-0.25, -0.2) is 0 Å². The molecule has 4 nitrogen and oxygen atoms in total. The largest absolute Gasteiger partial charge is 0.384 e. The third kappa shape index (κ3) is 3.41. The lowest BCUT2D eigenvalue weighted by Crippen LogP contribution is -2.49. The Hall–Kier alpha value is -0.160. The molecule has 2 atom stereocenters. The second kappa shape index (κ2) is 6.69. The average molecular weight is 242 g/mol. The molecule has 0 radical (unpaired) electrons. The van der Waals surface area contributed by atoms with Crippen LogP contribution in [0.5, 0.6) is 0 Å². The summed E-state index contributed by atoms with van der Waals surface area (Å²) in [7, 11) is 1.80. The van der Waals surface area contributed by atoms with Gasteiger partial charge in [0.2, 0.25) is 0 Å². The molecule has 0 aromatic heterocycles. The molecule has 0 saturated carbocycles. The highest BCUT2D eigenvalue weighted by Crippen LogP contribution is 2.25. The predicted molar refractivity (Wildman–Crippen MR) is 67.9 cm³/mol. The molecule has 2 N–H and O–H groups in total. The highest BCUT2D eigenvalue weighted by molar-refractivity contribution is 4.85. The summed E-state index contributed by atoms with van der Waals surface area (Å²) in [6, 6.07) is 0.529. The van der Waals surface area contributed by atoms with Crippen molar-refractivity contribution >= 4 is 0 Å². The number of nitrogens with two attached hydrogens (primary N) is 1. The zero-order valence-electron chi connectivity index (χ0n) is 10.9.